The summed E-state index contributed by atoms with van der Waals surface area (Å²) in [6, 6.07) is 6.36. The Labute approximate surface area is 202 Å². The fraction of sp³-hybridized carbons (Fsp3) is 0.440. The molecule has 10 heteroatoms. The van der Waals surface area contributed by atoms with E-state index < -0.39 is 28.9 Å². The van der Waals surface area contributed by atoms with Crippen LogP contribution in [0.3, 0.4) is 0 Å². The van der Waals surface area contributed by atoms with E-state index >= 15 is 0 Å². The minimum atomic E-state index is -3.80. The molecule has 1 unspecified atom stereocenters. The van der Waals surface area contributed by atoms with Gasteiger partial charge in [0.2, 0.25) is 0 Å². The second kappa shape index (κ2) is 10.2. The lowest BCUT2D eigenvalue weighted by molar-refractivity contribution is -0.170. The van der Waals surface area contributed by atoms with Gasteiger partial charge in [-0.15, -0.1) is 0 Å². The van der Waals surface area contributed by atoms with E-state index in [2.05, 4.69) is 15.3 Å². The van der Waals surface area contributed by atoms with Crippen molar-refractivity contribution in [3.63, 3.8) is 0 Å². The molecule has 0 aliphatic carbocycles. The minimum absolute atomic E-state index is 0.304. The molecule has 1 heterocycles. The minimum Gasteiger partial charge on any atom is -0.493 e. The van der Waals surface area contributed by atoms with Crippen LogP contribution in [0.2, 0.25) is 0 Å². The molecule has 0 saturated heterocycles. The van der Waals surface area contributed by atoms with Gasteiger partial charge in [-0.25, -0.2) is 14.4 Å². The van der Waals surface area contributed by atoms with Gasteiger partial charge in [-0.05, 0) is 51.5 Å². The zero-order valence-corrected chi connectivity index (χ0v) is 20.6. The van der Waals surface area contributed by atoms with E-state index in [4.69, 9.17) is 14.2 Å². The molecule has 2 N–H and O–H groups in total. The number of aliphatic hydroxyl groups is 1. The van der Waals surface area contributed by atoms with Crippen molar-refractivity contribution in [3.8, 4) is 11.5 Å². The number of anilines is 1. The lowest BCUT2D eigenvalue weighted by Gasteiger charge is -2.30. The molecule has 190 valence electrons. The summed E-state index contributed by atoms with van der Waals surface area (Å²) in [6.07, 6.45) is 0. The number of halogens is 3. The maximum Gasteiger partial charge on any atom is 0.303 e. The second-order valence-corrected chi connectivity index (χ2v) is 8.72. The molecule has 1 aromatic heterocycles. The Balaban J connectivity index is 2.01. The Kier molecular flexibility index (Phi) is 7.76. The van der Waals surface area contributed by atoms with Crippen LogP contribution in [0.4, 0.5) is 19.0 Å². The number of hydrogen-bond donors (Lipinski definition) is 2. The molecule has 1 atom stereocenters. The third kappa shape index (κ3) is 5.59. The van der Waals surface area contributed by atoms with E-state index in [1.807, 2.05) is 0 Å². The standard InChI is InChI=1S/C25H30F3N3O4/c1-14(16-7-8-19(26)18(11-16)25(27,28)24(3,4)32)29-23-17-12-22(35-10-9-33-5)21(34-6)13-20(17)30-15(2)31-23/h7-8,11-14,32H,9-10H2,1-6H3,(H,29,30,31). The van der Waals surface area contributed by atoms with Crippen molar-refractivity contribution in [1.82, 2.24) is 9.97 Å². The van der Waals surface area contributed by atoms with E-state index in [-0.39, 0.29) is 0 Å². The van der Waals surface area contributed by atoms with Crippen LogP contribution < -0.4 is 14.8 Å². The molecule has 0 fully saturated rings. The van der Waals surface area contributed by atoms with Crippen molar-refractivity contribution in [3.05, 3.63) is 53.1 Å². The summed E-state index contributed by atoms with van der Waals surface area (Å²) >= 11 is 0. The molecule has 0 aliphatic heterocycles. The third-order valence-electron chi connectivity index (χ3n) is 5.59. The van der Waals surface area contributed by atoms with E-state index in [1.54, 1.807) is 33.1 Å². The maximum absolute atomic E-state index is 14.7. The maximum atomic E-state index is 14.7. The summed E-state index contributed by atoms with van der Waals surface area (Å²) in [4.78, 5) is 8.94. The van der Waals surface area contributed by atoms with E-state index in [9.17, 15) is 18.3 Å². The molecule has 3 aromatic rings. The highest BCUT2D eigenvalue weighted by Crippen LogP contribution is 2.41. The Morgan fingerprint density at radius 2 is 1.77 bits per heavy atom. The van der Waals surface area contributed by atoms with Crippen LogP contribution in [0, 0.1) is 12.7 Å². The Morgan fingerprint density at radius 1 is 1.06 bits per heavy atom. The Morgan fingerprint density at radius 3 is 2.40 bits per heavy atom. The second-order valence-electron chi connectivity index (χ2n) is 8.72. The summed E-state index contributed by atoms with van der Waals surface area (Å²) in [5.74, 6) is -3.01. The normalized spacial score (nSPS) is 13.1. The van der Waals surface area contributed by atoms with Gasteiger partial charge in [0, 0.05) is 24.6 Å². The van der Waals surface area contributed by atoms with Gasteiger partial charge in [0.25, 0.3) is 0 Å². The topological polar surface area (TPSA) is 85.7 Å². The van der Waals surface area contributed by atoms with Crippen LogP contribution in [0.25, 0.3) is 10.9 Å². The average Bonchev–Trinajstić information content (AvgIpc) is 2.78. The highest BCUT2D eigenvalue weighted by atomic mass is 19.3. The average molecular weight is 494 g/mol. The monoisotopic (exact) mass is 493 g/mol. The van der Waals surface area contributed by atoms with Crippen LogP contribution >= 0.6 is 0 Å². The number of aryl methyl sites for hydroxylation is 1. The molecule has 3 rings (SSSR count). The first-order chi connectivity index (χ1) is 16.4. The van der Waals surface area contributed by atoms with Gasteiger partial charge in [0.05, 0.1) is 24.8 Å². The number of hydrogen-bond acceptors (Lipinski definition) is 7. The van der Waals surface area contributed by atoms with Gasteiger partial charge >= 0.3 is 5.92 Å². The Bertz CT molecular complexity index is 1200. The van der Waals surface area contributed by atoms with Crippen LogP contribution in [0.15, 0.2) is 30.3 Å². The zero-order chi connectivity index (χ0) is 26.0. The van der Waals surface area contributed by atoms with Crippen molar-refractivity contribution in [2.75, 3.05) is 32.8 Å². The molecule has 0 radical (unpaired) electrons. The highest BCUT2D eigenvalue weighted by Gasteiger charge is 2.48. The number of fused-ring (bicyclic) bond motifs is 1. The number of nitrogens with one attached hydrogen (secondary N) is 1. The molecule has 0 saturated carbocycles. The van der Waals surface area contributed by atoms with E-state index in [1.165, 1.54) is 13.2 Å². The first-order valence-electron chi connectivity index (χ1n) is 11.0. The summed E-state index contributed by atoms with van der Waals surface area (Å²) < 4.78 is 60.0. The van der Waals surface area contributed by atoms with Crippen LogP contribution in [-0.2, 0) is 10.7 Å². The predicted molar refractivity (Wildman–Crippen MR) is 127 cm³/mol. The van der Waals surface area contributed by atoms with Gasteiger partial charge in [-0.2, -0.15) is 8.78 Å². The number of methoxy groups -OCH3 is 2. The van der Waals surface area contributed by atoms with Gasteiger partial charge in [0.1, 0.15) is 29.7 Å². The van der Waals surface area contributed by atoms with Crippen molar-refractivity contribution in [1.29, 1.82) is 0 Å². The molecule has 2 aromatic carbocycles. The Hall–Kier alpha value is -3.11. The first-order valence-corrected chi connectivity index (χ1v) is 11.0. The molecule has 0 aliphatic rings. The fourth-order valence-electron chi connectivity index (χ4n) is 3.54. The molecule has 7 nitrogen and oxygen atoms in total. The van der Waals surface area contributed by atoms with Crippen LogP contribution in [0.1, 0.15) is 43.8 Å². The molecule has 0 bridgehead atoms. The lowest BCUT2D eigenvalue weighted by Crippen LogP contribution is -2.41. The van der Waals surface area contributed by atoms with Crippen molar-refractivity contribution < 1.29 is 32.5 Å². The summed E-state index contributed by atoms with van der Waals surface area (Å²) in [7, 11) is 3.09. The molecule has 0 amide bonds. The van der Waals surface area contributed by atoms with Gasteiger partial charge in [-0.1, -0.05) is 6.07 Å². The van der Waals surface area contributed by atoms with Crippen molar-refractivity contribution in [2.45, 2.75) is 45.3 Å². The highest BCUT2D eigenvalue weighted by molar-refractivity contribution is 5.92. The van der Waals surface area contributed by atoms with Gasteiger partial charge < -0.3 is 24.6 Å². The molecule has 35 heavy (non-hydrogen) atoms. The quantitative estimate of drug-likeness (QED) is 0.378. The zero-order valence-electron chi connectivity index (χ0n) is 20.6. The molecular formula is C25H30F3N3O4. The van der Waals surface area contributed by atoms with Gasteiger partial charge in [-0.3, -0.25) is 0 Å². The summed E-state index contributed by atoms with van der Waals surface area (Å²) in [6.45, 7) is 6.04. The number of ether oxygens (including phenoxy) is 3. The third-order valence-corrected chi connectivity index (χ3v) is 5.59. The summed E-state index contributed by atoms with van der Waals surface area (Å²) in [5.41, 5.74) is -2.34. The van der Waals surface area contributed by atoms with Crippen LogP contribution in [-0.4, -0.2) is 48.1 Å². The smallest absolute Gasteiger partial charge is 0.303 e. The SMILES string of the molecule is COCCOc1cc2c(NC(C)c3ccc(F)c(C(F)(F)C(C)(C)O)c3)nc(C)nc2cc1OC. The molecular weight excluding hydrogens is 463 g/mol. The number of nitrogens with zero attached hydrogens (tertiary/aromatic N) is 2. The summed E-state index contributed by atoms with van der Waals surface area (Å²) in [5, 5.41) is 13.7. The predicted octanol–water partition coefficient (Wildman–Crippen LogP) is 5.15. The van der Waals surface area contributed by atoms with E-state index in [0.29, 0.717) is 52.8 Å². The number of rotatable bonds is 10. The molecule has 0 spiro atoms. The van der Waals surface area contributed by atoms with Crippen molar-refractivity contribution >= 4 is 16.7 Å². The first kappa shape index (κ1) is 26.5. The number of aromatic nitrogens is 2. The number of benzene rings is 2. The largest absolute Gasteiger partial charge is 0.493 e. The number of alkyl halides is 2. The fourth-order valence-corrected chi connectivity index (χ4v) is 3.54. The van der Waals surface area contributed by atoms with E-state index in [0.717, 1.165) is 26.0 Å². The van der Waals surface area contributed by atoms with Crippen LogP contribution in [0.5, 0.6) is 11.5 Å². The lowest BCUT2D eigenvalue weighted by atomic mass is 9.91. The van der Waals surface area contributed by atoms with Crippen molar-refractivity contribution in [2.24, 2.45) is 0 Å². The van der Waals surface area contributed by atoms with Gasteiger partial charge in [0.15, 0.2) is 11.5 Å².